The van der Waals surface area contributed by atoms with Crippen LogP contribution in [-0.4, -0.2) is 10.9 Å². The van der Waals surface area contributed by atoms with Gasteiger partial charge in [0.2, 0.25) is 5.91 Å². The molecule has 1 atom stereocenters. The number of allylic oxidation sites excluding steroid dienone is 3. The summed E-state index contributed by atoms with van der Waals surface area (Å²) in [7, 11) is 0. The Balaban J connectivity index is 2.62. The van der Waals surface area contributed by atoms with Crippen LogP contribution >= 0.6 is 0 Å². The van der Waals surface area contributed by atoms with Crippen molar-refractivity contribution in [3.8, 4) is 0 Å². The van der Waals surface area contributed by atoms with Crippen molar-refractivity contribution in [1.29, 1.82) is 0 Å². The molecule has 1 N–H and O–H groups in total. The van der Waals surface area contributed by atoms with Gasteiger partial charge in [-0.2, -0.15) is 0 Å². The standard InChI is InChI=1S/C14H18N2O/c1-4-7-11(2)10-12(3)14(17)16-13-8-5-6-9-15-13/h4-10,12H,1-3H3,(H,15,16,17). The van der Waals surface area contributed by atoms with E-state index in [0.717, 1.165) is 5.57 Å². The maximum atomic E-state index is 11.8. The zero-order valence-corrected chi connectivity index (χ0v) is 10.5. The van der Waals surface area contributed by atoms with Gasteiger partial charge in [-0.05, 0) is 26.0 Å². The quantitative estimate of drug-likeness (QED) is 0.807. The van der Waals surface area contributed by atoms with Crippen molar-refractivity contribution < 1.29 is 4.79 Å². The molecule has 17 heavy (non-hydrogen) atoms. The summed E-state index contributed by atoms with van der Waals surface area (Å²) in [6.45, 7) is 5.80. The number of hydrogen-bond donors (Lipinski definition) is 1. The van der Waals surface area contributed by atoms with Crippen molar-refractivity contribution in [1.82, 2.24) is 4.98 Å². The molecule has 0 fully saturated rings. The second-order valence-corrected chi connectivity index (χ2v) is 3.90. The molecule has 0 bridgehead atoms. The number of hydrogen-bond acceptors (Lipinski definition) is 2. The SMILES string of the molecule is CC=CC(C)=CC(C)C(=O)Nc1ccccn1. The summed E-state index contributed by atoms with van der Waals surface area (Å²) in [5.41, 5.74) is 1.08. The Hall–Kier alpha value is -1.90. The van der Waals surface area contributed by atoms with E-state index >= 15 is 0 Å². The maximum absolute atomic E-state index is 11.8. The average molecular weight is 230 g/mol. The highest BCUT2D eigenvalue weighted by atomic mass is 16.1. The predicted molar refractivity (Wildman–Crippen MR) is 70.6 cm³/mol. The first kappa shape index (κ1) is 13.2. The minimum absolute atomic E-state index is 0.0486. The Kier molecular flexibility index (Phi) is 5.14. The Labute approximate surface area is 102 Å². The van der Waals surface area contributed by atoms with Gasteiger partial charge < -0.3 is 5.32 Å². The fourth-order valence-electron chi connectivity index (χ4n) is 1.47. The van der Waals surface area contributed by atoms with Gasteiger partial charge in [-0.25, -0.2) is 4.98 Å². The smallest absolute Gasteiger partial charge is 0.232 e. The molecule has 1 aromatic heterocycles. The molecule has 0 saturated heterocycles. The van der Waals surface area contributed by atoms with Crippen LogP contribution in [0.15, 0.2) is 48.2 Å². The fraction of sp³-hybridized carbons (Fsp3) is 0.286. The van der Waals surface area contributed by atoms with Gasteiger partial charge in [-0.1, -0.05) is 36.8 Å². The monoisotopic (exact) mass is 230 g/mol. The number of pyridine rings is 1. The van der Waals surface area contributed by atoms with E-state index in [2.05, 4.69) is 10.3 Å². The van der Waals surface area contributed by atoms with Gasteiger partial charge in [-0.15, -0.1) is 0 Å². The molecule has 3 nitrogen and oxygen atoms in total. The number of aromatic nitrogens is 1. The molecule has 1 aromatic rings. The number of carbonyl (C=O) groups is 1. The molecule has 0 saturated carbocycles. The van der Waals surface area contributed by atoms with Crippen LogP contribution in [0, 0.1) is 5.92 Å². The van der Waals surface area contributed by atoms with E-state index in [1.165, 1.54) is 0 Å². The molecular formula is C14H18N2O. The lowest BCUT2D eigenvalue weighted by Gasteiger charge is -2.08. The summed E-state index contributed by atoms with van der Waals surface area (Å²) < 4.78 is 0. The van der Waals surface area contributed by atoms with Crippen LogP contribution in [0.3, 0.4) is 0 Å². The van der Waals surface area contributed by atoms with Crippen LogP contribution in [-0.2, 0) is 4.79 Å². The first-order valence-electron chi connectivity index (χ1n) is 5.66. The molecule has 1 rings (SSSR count). The zero-order valence-electron chi connectivity index (χ0n) is 10.5. The van der Waals surface area contributed by atoms with Crippen molar-refractivity contribution in [3.63, 3.8) is 0 Å². The van der Waals surface area contributed by atoms with E-state index in [4.69, 9.17) is 0 Å². The molecule has 0 aromatic carbocycles. The molecule has 0 aliphatic carbocycles. The van der Waals surface area contributed by atoms with E-state index in [1.54, 1.807) is 12.3 Å². The number of nitrogens with one attached hydrogen (secondary N) is 1. The number of amides is 1. The molecule has 0 radical (unpaired) electrons. The average Bonchev–Trinajstić information content (AvgIpc) is 2.30. The van der Waals surface area contributed by atoms with Crippen LogP contribution in [0.4, 0.5) is 5.82 Å². The van der Waals surface area contributed by atoms with Crippen molar-refractivity contribution in [3.05, 3.63) is 48.2 Å². The largest absolute Gasteiger partial charge is 0.310 e. The van der Waals surface area contributed by atoms with Crippen LogP contribution in [0.25, 0.3) is 0 Å². The molecule has 90 valence electrons. The number of carbonyl (C=O) groups excluding carboxylic acids is 1. The molecule has 0 aliphatic heterocycles. The Morgan fingerprint density at radius 3 is 2.82 bits per heavy atom. The highest BCUT2D eigenvalue weighted by Gasteiger charge is 2.10. The summed E-state index contributed by atoms with van der Waals surface area (Å²) >= 11 is 0. The van der Waals surface area contributed by atoms with Gasteiger partial charge >= 0.3 is 0 Å². The van der Waals surface area contributed by atoms with Gasteiger partial charge in [0.1, 0.15) is 5.82 Å². The number of anilines is 1. The fourth-order valence-corrected chi connectivity index (χ4v) is 1.47. The van der Waals surface area contributed by atoms with Gasteiger partial charge in [-0.3, -0.25) is 4.79 Å². The van der Waals surface area contributed by atoms with Crippen LogP contribution in [0.5, 0.6) is 0 Å². The van der Waals surface area contributed by atoms with Crippen molar-refractivity contribution >= 4 is 11.7 Å². The molecule has 0 aliphatic rings. The first-order chi connectivity index (χ1) is 8.13. The van der Waals surface area contributed by atoms with Crippen LogP contribution in [0.2, 0.25) is 0 Å². The molecule has 0 spiro atoms. The summed E-state index contributed by atoms with van der Waals surface area (Å²) in [6.07, 6.45) is 7.51. The van der Waals surface area contributed by atoms with E-state index in [0.29, 0.717) is 5.82 Å². The molecular weight excluding hydrogens is 212 g/mol. The second-order valence-electron chi connectivity index (χ2n) is 3.90. The van der Waals surface area contributed by atoms with E-state index in [1.807, 2.05) is 51.1 Å². The highest BCUT2D eigenvalue weighted by Crippen LogP contribution is 2.08. The molecule has 1 amide bonds. The van der Waals surface area contributed by atoms with E-state index in [9.17, 15) is 4.79 Å². The normalized spacial score (nSPS) is 13.7. The third kappa shape index (κ3) is 4.64. The van der Waals surface area contributed by atoms with Crippen LogP contribution < -0.4 is 5.32 Å². The number of nitrogens with zero attached hydrogens (tertiary/aromatic N) is 1. The lowest BCUT2D eigenvalue weighted by molar-refractivity contribution is -0.118. The van der Waals surface area contributed by atoms with Gasteiger partial charge in [0.25, 0.3) is 0 Å². The minimum atomic E-state index is -0.173. The molecule has 1 heterocycles. The lowest BCUT2D eigenvalue weighted by Crippen LogP contribution is -2.19. The molecule has 1 unspecified atom stereocenters. The highest BCUT2D eigenvalue weighted by molar-refractivity contribution is 5.92. The Bertz CT molecular complexity index is 421. The van der Waals surface area contributed by atoms with Gasteiger partial charge in [0, 0.05) is 6.20 Å². The lowest BCUT2D eigenvalue weighted by atomic mass is 10.1. The van der Waals surface area contributed by atoms with Crippen molar-refractivity contribution in [2.24, 2.45) is 5.92 Å². The summed E-state index contributed by atoms with van der Waals surface area (Å²) in [6, 6.07) is 5.43. The van der Waals surface area contributed by atoms with Gasteiger partial charge in [0.15, 0.2) is 0 Å². The second kappa shape index (κ2) is 6.63. The van der Waals surface area contributed by atoms with Crippen molar-refractivity contribution in [2.75, 3.05) is 5.32 Å². The predicted octanol–water partition coefficient (Wildman–Crippen LogP) is 3.18. The van der Waals surface area contributed by atoms with E-state index in [-0.39, 0.29) is 11.8 Å². The summed E-state index contributed by atoms with van der Waals surface area (Å²) in [5, 5.41) is 2.77. The minimum Gasteiger partial charge on any atom is -0.310 e. The third-order valence-corrected chi connectivity index (χ3v) is 2.27. The van der Waals surface area contributed by atoms with Crippen LogP contribution in [0.1, 0.15) is 20.8 Å². The summed E-state index contributed by atoms with van der Waals surface area (Å²) in [5.74, 6) is 0.363. The Morgan fingerprint density at radius 2 is 2.24 bits per heavy atom. The van der Waals surface area contributed by atoms with Crippen molar-refractivity contribution in [2.45, 2.75) is 20.8 Å². The summed E-state index contributed by atoms with van der Waals surface area (Å²) in [4.78, 5) is 15.9. The number of rotatable bonds is 4. The van der Waals surface area contributed by atoms with E-state index < -0.39 is 0 Å². The first-order valence-corrected chi connectivity index (χ1v) is 5.66. The van der Waals surface area contributed by atoms with Gasteiger partial charge in [0.05, 0.1) is 5.92 Å². The molecule has 3 heteroatoms. The zero-order chi connectivity index (χ0) is 12.7. The maximum Gasteiger partial charge on any atom is 0.232 e. The topological polar surface area (TPSA) is 42.0 Å². The Morgan fingerprint density at radius 1 is 1.47 bits per heavy atom. The third-order valence-electron chi connectivity index (χ3n) is 2.27.